The van der Waals surface area contributed by atoms with E-state index in [0.717, 1.165) is 29.9 Å². The van der Waals surface area contributed by atoms with Crippen LogP contribution in [0.2, 0.25) is 0 Å². The molecular formula is C18H19F3N2O3. The van der Waals surface area contributed by atoms with E-state index in [1.54, 1.807) is 0 Å². The Hall–Kier alpha value is -2.38. The van der Waals surface area contributed by atoms with Crippen molar-refractivity contribution in [3.63, 3.8) is 0 Å². The van der Waals surface area contributed by atoms with E-state index >= 15 is 0 Å². The van der Waals surface area contributed by atoms with Crippen LogP contribution in [0.1, 0.15) is 36.8 Å². The van der Waals surface area contributed by atoms with E-state index in [4.69, 9.17) is 0 Å². The fourth-order valence-electron chi connectivity index (χ4n) is 3.64. The first kappa shape index (κ1) is 18.4. The van der Waals surface area contributed by atoms with Crippen LogP contribution >= 0.6 is 0 Å². The summed E-state index contributed by atoms with van der Waals surface area (Å²) in [6.45, 7) is -0.491. The lowest BCUT2D eigenvalue weighted by atomic mass is 9.81. The van der Waals surface area contributed by atoms with Crippen molar-refractivity contribution in [3.05, 3.63) is 35.4 Å². The highest BCUT2D eigenvalue weighted by Crippen LogP contribution is 2.37. The highest BCUT2D eigenvalue weighted by Gasteiger charge is 2.48. The second-order valence-corrected chi connectivity index (χ2v) is 6.73. The fraction of sp³-hybridized carbons (Fsp3) is 0.500. The number of amides is 3. The molecule has 0 radical (unpaired) electrons. The molecule has 5 nitrogen and oxygen atoms in total. The van der Waals surface area contributed by atoms with Crippen LogP contribution in [0.4, 0.5) is 13.2 Å². The SMILES string of the molecule is O=C(CN1C(=O)[C@H]2CCCC[C@H]2C1=O)NCc1cccc(C(F)(F)F)c1. The molecule has 1 saturated heterocycles. The van der Waals surface area contributed by atoms with E-state index in [1.165, 1.54) is 12.1 Å². The zero-order chi connectivity index (χ0) is 18.9. The van der Waals surface area contributed by atoms with Gasteiger partial charge >= 0.3 is 6.18 Å². The summed E-state index contributed by atoms with van der Waals surface area (Å²) in [4.78, 5) is 37.7. The minimum absolute atomic E-state index is 0.105. The van der Waals surface area contributed by atoms with Crippen LogP contribution in [0.3, 0.4) is 0 Å². The Kier molecular flexibility index (Phi) is 5.02. The molecule has 140 valence electrons. The van der Waals surface area contributed by atoms with E-state index in [0.29, 0.717) is 18.4 Å². The van der Waals surface area contributed by atoms with Gasteiger partial charge in [0.2, 0.25) is 17.7 Å². The molecule has 2 atom stereocenters. The summed E-state index contributed by atoms with van der Waals surface area (Å²) in [6, 6.07) is 4.65. The molecule has 1 saturated carbocycles. The summed E-state index contributed by atoms with van der Waals surface area (Å²) in [5.41, 5.74) is -0.501. The smallest absolute Gasteiger partial charge is 0.350 e. The van der Waals surface area contributed by atoms with Crippen LogP contribution in [0.5, 0.6) is 0 Å². The van der Waals surface area contributed by atoms with Crippen LogP contribution in [0.15, 0.2) is 24.3 Å². The monoisotopic (exact) mass is 368 g/mol. The van der Waals surface area contributed by atoms with Crippen molar-refractivity contribution >= 4 is 17.7 Å². The lowest BCUT2D eigenvalue weighted by molar-refractivity contribution is -0.143. The molecule has 1 heterocycles. The molecule has 3 rings (SSSR count). The maximum Gasteiger partial charge on any atom is 0.416 e. The number of carbonyl (C=O) groups is 3. The molecule has 1 N–H and O–H groups in total. The highest BCUT2D eigenvalue weighted by molar-refractivity contribution is 6.07. The first-order valence-electron chi connectivity index (χ1n) is 8.55. The lowest BCUT2D eigenvalue weighted by Gasteiger charge is -2.19. The van der Waals surface area contributed by atoms with Crippen LogP contribution in [-0.2, 0) is 27.1 Å². The number of carbonyl (C=O) groups excluding carboxylic acids is 3. The van der Waals surface area contributed by atoms with Gasteiger partial charge in [-0.1, -0.05) is 25.0 Å². The second kappa shape index (κ2) is 7.09. The quantitative estimate of drug-likeness (QED) is 0.831. The van der Waals surface area contributed by atoms with Gasteiger partial charge in [0.05, 0.1) is 17.4 Å². The molecule has 1 aliphatic heterocycles. The number of benzene rings is 1. The van der Waals surface area contributed by atoms with Gasteiger partial charge < -0.3 is 5.32 Å². The Balaban J connectivity index is 1.58. The first-order chi connectivity index (χ1) is 12.3. The number of hydrogen-bond donors (Lipinski definition) is 1. The van der Waals surface area contributed by atoms with E-state index in [1.807, 2.05) is 0 Å². The normalized spacial score (nSPS) is 23.1. The zero-order valence-corrected chi connectivity index (χ0v) is 14.0. The van der Waals surface area contributed by atoms with E-state index in [9.17, 15) is 27.6 Å². The third-order valence-electron chi connectivity index (χ3n) is 4.98. The Morgan fingerprint density at radius 2 is 1.73 bits per heavy atom. The minimum atomic E-state index is -4.45. The first-order valence-corrected chi connectivity index (χ1v) is 8.55. The van der Waals surface area contributed by atoms with Gasteiger partial charge in [-0.15, -0.1) is 0 Å². The predicted molar refractivity (Wildman–Crippen MR) is 85.5 cm³/mol. The number of imide groups is 1. The van der Waals surface area contributed by atoms with Gasteiger partial charge in [0.1, 0.15) is 6.54 Å². The van der Waals surface area contributed by atoms with Gasteiger partial charge in [0.15, 0.2) is 0 Å². The number of fused-ring (bicyclic) bond motifs is 1. The molecule has 2 aliphatic rings. The largest absolute Gasteiger partial charge is 0.416 e. The standard InChI is InChI=1S/C18H19F3N2O3/c19-18(20,21)12-5-3-4-11(8-12)9-22-15(24)10-23-16(25)13-6-1-2-7-14(13)17(23)26/h3-5,8,13-14H,1-2,6-7,9-10H2,(H,22,24)/t13-,14+. The molecule has 1 aromatic rings. The van der Waals surface area contributed by atoms with Gasteiger partial charge in [-0.25, -0.2) is 0 Å². The van der Waals surface area contributed by atoms with Crippen molar-refractivity contribution in [1.29, 1.82) is 0 Å². The molecule has 26 heavy (non-hydrogen) atoms. The molecule has 8 heteroatoms. The highest BCUT2D eigenvalue weighted by atomic mass is 19.4. The van der Waals surface area contributed by atoms with Gasteiger partial charge in [0, 0.05) is 6.54 Å². The summed E-state index contributed by atoms with van der Waals surface area (Å²) < 4.78 is 38.1. The lowest BCUT2D eigenvalue weighted by Crippen LogP contribution is -2.40. The summed E-state index contributed by atoms with van der Waals surface area (Å²) in [7, 11) is 0. The van der Waals surface area contributed by atoms with Gasteiger partial charge in [-0.05, 0) is 30.5 Å². The van der Waals surface area contributed by atoms with Crippen LogP contribution < -0.4 is 5.32 Å². The topological polar surface area (TPSA) is 66.5 Å². The number of alkyl halides is 3. The maximum atomic E-state index is 12.7. The van der Waals surface area contributed by atoms with Gasteiger partial charge in [-0.3, -0.25) is 19.3 Å². The van der Waals surface area contributed by atoms with E-state index in [-0.39, 0.29) is 36.7 Å². The van der Waals surface area contributed by atoms with Gasteiger partial charge in [-0.2, -0.15) is 13.2 Å². The summed E-state index contributed by atoms with van der Waals surface area (Å²) in [5.74, 6) is -1.84. The van der Waals surface area contributed by atoms with Crippen molar-refractivity contribution in [2.75, 3.05) is 6.54 Å². The average Bonchev–Trinajstić information content (AvgIpc) is 2.85. The van der Waals surface area contributed by atoms with E-state index in [2.05, 4.69) is 5.32 Å². The van der Waals surface area contributed by atoms with Crippen LogP contribution in [0.25, 0.3) is 0 Å². The molecule has 1 aromatic carbocycles. The van der Waals surface area contributed by atoms with Crippen molar-refractivity contribution in [2.24, 2.45) is 11.8 Å². The van der Waals surface area contributed by atoms with Crippen molar-refractivity contribution in [1.82, 2.24) is 10.2 Å². The molecule has 2 fully saturated rings. The number of likely N-dealkylation sites (tertiary alicyclic amines) is 1. The fourth-order valence-corrected chi connectivity index (χ4v) is 3.64. The van der Waals surface area contributed by atoms with Crippen molar-refractivity contribution in [2.45, 2.75) is 38.4 Å². The summed E-state index contributed by atoms with van der Waals surface area (Å²) >= 11 is 0. The van der Waals surface area contributed by atoms with Crippen LogP contribution in [0, 0.1) is 11.8 Å². The molecule has 1 aliphatic carbocycles. The number of nitrogens with zero attached hydrogens (tertiary/aromatic N) is 1. The third-order valence-corrected chi connectivity index (χ3v) is 4.98. The second-order valence-electron chi connectivity index (χ2n) is 6.73. The Morgan fingerprint density at radius 1 is 1.12 bits per heavy atom. The molecular weight excluding hydrogens is 349 g/mol. The van der Waals surface area contributed by atoms with Crippen molar-refractivity contribution in [3.8, 4) is 0 Å². The molecule has 0 unspecified atom stereocenters. The van der Waals surface area contributed by atoms with E-state index < -0.39 is 17.6 Å². The number of hydrogen-bond acceptors (Lipinski definition) is 3. The predicted octanol–water partition coefficient (Wildman–Crippen LogP) is 2.50. The molecule has 0 aromatic heterocycles. The Labute approximate surface area is 148 Å². The third kappa shape index (κ3) is 3.73. The van der Waals surface area contributed by atoms with Gasteiger partial charge in [0.25, 0.3) is 0 Å². The van der Waals surface area contributed by atoms with Crippen LogP contribution in [-0.4, -0.2) is 29.2 Å². The number of halogens is 3. The zero-order valence-electron chi connectivity index (χ0n) is 14.0. The summed E-state index contributed by atoms with van der Waals surface area (Å²) in [6.07, 6.45) is -1.33. The van der Waals surface area contributed by atoms with Crippen molar-refractivity contribution < 1.29 is 27.6 Å². The molecule has 0 bridgehead atoms. The maximum absolute atomic E-state index is 12.7. The Bertz CT molecular complexity index is 709. The number of nitrogens with one attached hydrogen (secondary N) is 1. The Morgan fingerprint density at radius 3 is 2.31 bits per heavy atom. The molecule has 3 amide bonds. The average molecular weight is 368 g/mol. The minimum Gasteiger partial charge on any atom is -0.350 e. The summed E-state index contributed by atoms with van der Waals surface area (Å²) in [5, 5.41) is 2.47. The number of rotatable bonds is 4. The molecule has 0 spiro atoms.